The highest BCUT2D eigenvalue weighted by Crippen LogP contribution is 2.24. The molecule has 0 saturated heterocycles. The van der Waals surface area contributed by atoms with Gasteiger partial charge in [-0.1, -0.05) is 30.3 Å². The maximum absolute atomic E-state index is 13.0. The molecule has 3 rings (SSSR count). The number of nitrogens with two attached hydrogens (primary N) is 1. The molecule has 10 heteroatoms. The van der Waals surface area contributed by atoms with Crippen LogP contribution in [0.3, 0.4) is 0 Å². The summed E-state index contributed by atoms with van der Waals surface area (Å²) in [4.78, 5) is 14.4. The lowest BCUT2D eigenvalue weighted by molar-refractivity contribution is 0.0742. The molecule has 0 heterocycles. The van der Waals surface area contributed by atoms with Gasteiger partial charge in [0.1, 0.15) is 0 Å². The molecule has 0 aliphatic heterocycles. The fraction of sp³-hybridized carbons (Fsp3) is 0.174. The smallest absolute Gasteiger partial charge is 0.261 e. The summed E-state index contributed by atoms with van der Waals surface area (Å²) in [5.41, 5.74) is 2.16. The van der Waals surface area contributed by atoms with Crippen LogP contribution in [0.5, 0.6) is 0 Å². The number of carbonyl (C=O) groups excluding carboxylic acids is 1. The second-order valence-corrected chi connectivity index (χ2v) is 10.9. The summed E-state index contributed by atoms with van der Waals surface area (Å²) in [6, 6.07) is 18.3. The average Bonchev–Trinajstić information content (AvgIpc) is 2.78. The van der Waals surface area contributed by atoms with E-state index in [1.807, 2.05) is 6.07 Å². The van der Waals surface area contributed by atoms with E-state index in [2.05, 4.69) is 4.72 Å². The zero-order chi connectivity index (χ0) is 24.4. The van der Waals surface area contributed by atoms with Crippen molar-refractivity contribution in [3.8, 4) is 0 Å². The van der Waals surface area contributed by atoms with Gasteiger partial charge in [-0.15, -0.1) is 0 Å². The zero-order valence-corrected chi connectivity index (χ0v) is 20.0. The molecule has 3 aromatic carbocycles. The van der Waals surface area contributed by atoms with E-state index in [9.17, 15) is 21.6 Å². The van der Waals surface area contributed by atoms with Crippen molar-refractivity contribution in [1.82, 2.24) is 4.90 Å². The number of sulfonamides is 2. The molecule has 0 aliphatic carbocycles. The topological polar surface area (TPSA) is 127 Å². The maximum atomic E-state index is 13.0. The van der Waals surface area contributed by atoms with Crippen LogP contribution in [0.2, 0.25) is 0 Å². The first-order valence-electron chi connectivity index (χ1n) is 9.98. The molecular weight excluding hydrogens is 462 g/mol. The number of amides is 1. The van der Waals surface area contributed by atoms with Gasteiger partial charge < -0.3 is 4.90 Å². The van der Waals surface area contributed by atoms with Crippen LogP contribution in [0.15, 0.2) is 82.6 Å². The average molecular weight is 488 g/mol. The predicted molar refractivity (Wildman–Crippen MR) is 127 cm³/mol. The molecule has 1 unspecified atom stereocenters. The zero-order valence-electron chi connectivity index (χ0n) is 18.4. The van der Waals surface area contributed by atoms with Crippen molar-refractivity contribution in [2.75, 3.05) is 11.8 Å². The normalized spacial score (nSPS) is 12.7. The standard InChI is InChI=1S/C23H25N3O5S2/c1-16-7-4-5-10-22(16)25-33(30,31)20-13-11-18(12-14-20)23(27)26(3)17(2)19-8-6-9-21(15-19)32(24,28)29/h4-15,17,25H,1-3H3,(H2,24,28,29). The van der Waals surface area contributed by atoms with Gasteiger partial charge in [-0.05, 0) is 67.4 Å². The molecule has 1 atom stereocenters. The number of benzene rings is 3. The second-order valence-electron chi connectivity index (χ2n) is 7.65. The Morgan fingerprint density at radius 3 is 2.15 bits per heavy atom. The van der Waals surface area contributed by atoms with Crippen LogP contribution in [0, 0.1) is 6.92 Å². The van der Waals surface area contributed by atoms with Crippen molar-refractivity contribution in [2.24, 2.45) is 5.14 Å². The van der Waals surface area contributed by atoms with Crippen LogP contribution >= 0.6 is 0 Å². The quantitative estimate of drug-likeness (QED) is 0.529. The number of nitrogens with zero attached hydrogens (tertiary/aromatic N) is 1. The molecule has 1 amide bonds. The largest absolute Gasteiger partial charge is 0.335 e. The van der Waals surface area contributed by atoms with Gasteiger partial charge in [0.15, 0.2) is 0 Å². The first-order valence-corrected chi connectivity index (χ1v) is 13.0. The van der Waals surface area contributed by atoms with Crippen LogP contribution in [0.1, 0.15) is 34.5 Å². The van der Waals surface area contributed by atoms with Gasteiger partial charge >= 0.3 is 0 Å². The van der Waals surface area contributed by atoms with Crippen LogP contribution in [0.4, 0.5) is 5.69 Å². The lowest BCUT2D eigenvalue weighted by atomic mass is 10.1. The molecular formula is C23H25N3O5S2. The van der Waals surface area contributed by atoms with Crippen LogP contribution in [-0.4, -0.2) is 34.7 Å². The number of rotatable bonds is 7. The van der Waals surface area contributed by atoms with Gasteiger partial charge in [-0.2, -0.15) is 0 Å². The summed E-state index contributed by atoms with van der Waals surface area (Å²) in [5.74, 6) is -0.348. The number of hydrogen-bond donors (Lipinski definition) is 2. The monoisotopic (exact) mass is 487 g/mol. The van der Waals surface area contributed by atoms with Crippen molar-refractivity contribution < 1.29 is 21.6 Å². The Labute approximate surface area is 194 Å². The number of para-hydroxylation sites is 1. The third-order valence-corrected chi connectivity index (χ3v) is 7.66. The van der Waals surface area contributed by atoms with Gasteiger partial charge in [-0.25, -0.2) is 22.0 Å². The van der Waals surface area contributed by atoms with E-state index in [-0.39, 0.29) is 15.7 Å². The Hall–Kier alpha value is -3.21. The Balaban J connectivity index is 1.79. The molecule has 0 saturated carbocycles. The number of aryl methyl sites for hydroxylation is 1. The van der Waals surface area contributed by atoms with Crippen molar-refractivity contribution >= 4 is 31.6 Å². The van der Waals surface area contributed by atoms with Gasteiger partial charge in [0, 0.05) is 12.6 Å². The van der Waals surface area contributed by atoms with E-state index in [4.69, 9.17) is 5.14 Å². The molecule has 0 fully saturated rings. The number of nitrogens with one attached hydrogen (secondary N) is 1. The predicted octanol–water partition coefficient (Wildman–Crippen LogP) is 3.28. The fourth-order valence-corrected chi connectivity index (χ4v) is 4.92. The molecule has 8 nitrogen and oxygen atoms in total. The molecule has 0 spiro atoms. The molecule has 33 heavy (non-hydrogen) atoms. The molecule has 3 N–H and O–H groups in total. The molecule has 174 valence electrons. The summed E-state index contributed by atoms with van der Waals surface area (Å²) in [7, 11) is -6.10. The van der Waals surface area contributed by atoms with E-state index in [0.717, 1.165) is 5.56 Å². The third-order valence-electron chi connectivity index (χ3n) is 5.37. The number of primary sulfonamides is 1. The number of carbonyl (C=O) groups is 1. The molecule has 0 radical (unpaired) electrons. The van der Waals surface area contributed by atoms with Crippen LogP contribution < -0.4 is 9.86 Å². The van der Waals surface area contributed by atoms with Gasteiger partial charge in [-0.3, -0.25) is 9.52 Å². The fourth-order valence-electron chi connectivity index (χ4n) is 3.22. The van der Waals surface area contributed by atoms with Crippen molar-refractivity contribution in [3.05, 3.63) is 89.5 Å². The Morgan fingerprint density at radius 2 is 1.55 bits per heavy atom. The van der Waals surface area contributed by atoms with Gasteiger partial charge in [0.05, 0.1) is 21.5 Å². The summed E-state index contributed by atoms with van der Waals surface area (Å²) in [6.45, 7) is 3.56. The molecule has 0 aliphatic rings. The van der Waals surface area contributed by atoms with E-state index in [1.54, 1.807) is 51.2 Å². The molecule has 3 aromatic rings. The van der Waals surface area contributed by atoms with Crippen molar-refractivity contribution in [2.45, 2.75) is 29.7 Å². The highest BCUT2D eigenvalue weighted by Gasteiger charge is 2.22. The summed E-state index contributed by atoms with van der Waals surface area (Å²) < 4.78 is 51.2. The highest BCUT2D eigenvalue weighted by molar-refractivity contribution is 7.92. The van der Waals surface area contributed by atoms with Crippen LogP contribution in [-0.2, 0) is 20.0 Å². The van der Waals surface area contributed by atoms with Crippen molar-refractivity contribution in [3.63, 3.8) is 0 Å². The van der Waals surface area contributed by atoms with Gasteiger partial charge in [0.2, 0.25) is 10.0 Å². The molecule has 0 bridgehead atoms. The molecule has 0 aromatic heterocycles. The second kappa shape index (κ2) is 9.34. The summed E-state index contributed by atoms with van der Waals surface area (Å²) in [6.07, 6.45) is 0. The minimum Gasteiger partial charge on any atom is -0.335 e. The van der Waals surface area contributed by atoms with E-state index in [1.165, 1.54) is 41.3 Å². The first kappa shape index (κ1) is 24.4. The van der Waals surface area contributed by atoms with E-state index in [0.29, 0.717) is 16.8 Å². The Morgan fingerprint density at radius 1 is 0.909 bits per heavy atom. The minimum atomic E-state index is -3.87. The first-order chi connectivity index (χ1) is 15.4. The van der Waals surface area contributed by atoms with E-state index >= 15 is 0 Å². The number of anilines is 1. The summed E-state index contributed by atoms with van der Waals surface area (Å²) >= 11 is 0. The lowest BCUT2D eigenvalue weighted by Crippen LogP contribution is -2.30. The summed E-state index contributed by atoms with van der Waals surface area (Å²) in [5, 5.41) is 5.20. The van der Waals surface area contributed by atoms with Crippen molar-refractivity contribution in [1.29, 1.82) is 0 Å². The van der Waals surface area contributed by atoms with E-state index < -0.39 is 26.1 Å². The minimum absolute atomic E-state index is 0.0267. The number of hydrogen-bond acceptors (Lipinski definition) is 5. The van der Waals surface area contributed by atoms with Crippen LogP contribution in [0.25, 0.3) is 0 Å². The third kappa shape index (κ3) is 5.59. The van der Waals surface area contributed by atoms with Gasteiger partial charge in [0.25, 0.3) is 15.9 Å². The maximum Gasteiger partial charge on any atom is 0.261 e. The lowest BCUT2D eigenvalue weighted by Gasteiger charge is -2.26. The Bertz CT molecular complexity index is 1390. The highest BCUT2D eigenvalue weighted by atomic mass is 32.2. The Kier molecular flexibility index (Phi) is 6.92. The SMILES string of the molecule is Cc1ccccc1NS(=O)(=O)c1ccc(C(=O)N(C)C(C)c2cccc(S(N)(=O)=O)c2)cc1.